The average Bonchev–Trinajstić information content (AvgIpc) is 3.38. The summed E-state index contributed by atoms with van der Waals surface area (Å²) < 4.78 is 9.83. The number of hydrogen-bond acceptors (Lipinski definition) is 5. The minimum absolute atomic E-state index is 0.0296. The summed E-state index contributed by atoms with van der Waals surface area (Å²) in [7, 11) is 1.84. The van der Waals surface area contributed by atoms with Crippen LogP contribution >= 0.6 is 0 Å². The van der Waals surface area contributed by atoms with E-state index < -0.39 is 5.97 Å². The summed E-state index contributed by atoms with van der Waals surface area (Å²) in [6, 6.07) is 16.3. The first-order chi connectivity index (χ1) is 18.5. The van der Waals surface area contributed by atoms with Crippen LogP contribution in [0.15, 0.2) is 60.9 Å². The van der Waals surface area contributed by atoms with Crippen LogP contribution in [0.5, 0.6) is 5.75 Å². The molecule has 0 bridgehead atoms. The zero-order valence-electron chi connectivity index (χ0n) is 21.8. The minimum atomic E-state index is -0.968. The second-order valence-electron chi connectivity index (χ2n) is 10.7. The Balaban J connectivity index is 1.28. The largest absolute Gasteiger partial charge is 0.490 e. The third kappa shape index (κ3) is 4.83. The van der Waals surface area contributed by atoms with E-state index in [1.807, 2.05) is 37.5 Å². The Hall–Kier alpha value is -3.94. The number of ether oxygens (including phenoxy) is 1. The van der Waals surface area contributed by atoms with Gasteiger partial charge in [-0.25, -0.2) is 9.48 Å². The zero-order chi connectivity index (χ0) is 26.2. The van der Waals surface area contributed by atoms with Crippen molar-refractivity contribution in [2.45, 2.75) is 63.4 Å². The lowest BCUT2D eigenvalue weighted by atomic mass is 9.86. The summed E-state index contributed by atoms with van der Waals surface area (Å²) in [5.74, 6) is 0.695. The molecular formula is C30H33N5O3. The van der Waals surface area contributed by atoms with Gasteiger partial charge < -0.3 is 9.84 Å². The van der Waals surface area contributed by atoms with Gasteiger partial charge in [0.05, 0.1) is 29.4 Å². The lowest BCUT2D eigenvalue weighted by Gasteiger charge is -2.28. The Kier molecular flexibility index (Phi) is 6.47. The molecule has 2 aliphatic carbocycles. The van der Waals surface area contributed by atoms with Gasteiger partial charge in [0.2, 0.25) is 0 Å². The van der Waals surface area contributed by atoms with Gasteiger partial charge in [0, 0.05) is 25.1 Å². The molecule has 0 amide bonds. The Labute approximate surface area is 222 Å². The molecule has 2 aliphatic rings. The number of carboxylic acids is 1. The number of aryl methyl sites for hydroxylation is 1. The van der Waals surface area contributed by atoms with Crippen LogP contribution in [0.1, 0.15) is 79.0 Å². The first-order valence-electron chi connectivity index (χ1n) is 13.5. The van der Waals surface area contributed by atoms with Gasteiger partial charge in [-0.05, 0) is 67.5 Å². The van der Waals surface area contributed by atoms with Crippen molar-refractivity contribution in [1.82, 2.24) is 24.8 Å². The average molecular weight is 512 g/mol. The van der Waals surface area contributed by atoms with E-state index in [9.17, 15) is 9.90 Å². The van der Waals surface area contributed by atoms with Gasteiger partial charge in [-0.15, -0.1) is 5.10 Å². The highest BCUT2D eigenvalue weighted by molar-refractivity contribution is 5.89. The molecular weight excluding hydrogens is 478 g/mol. The number of benzene rings is 2. The molecule has 1 N–H and O–H groups in total. The molecule has 0 radical (unpaired) electrons. The fourth-order valence-corrected chi connectivity index (χ4v) is 5.93. The summed E-state index contributed by atoms with van der Waals surface area (Å²) in [6.07, 6.45) is 10.8. The molecule has 2 heterocycles. The molecule has 2 aromatic heterocycles. The maximum atomic E-state index is 12.1. The van der Waals surface area contributed by atoms with Gasteiger partial charge in [-0.3, -0.25) is 4.68 Å². The van der Waals surface area contributed by atoms with E-state index in [0.29, 0.717) is 11.6 Å². The SMILES string of the molecule is CC(Oc1cccc(-c2cccc(-n3ncc(C(=O)O)c3C3CC3c3cn(C)nn3)c2)c1)C1CCCCC1. The first-order valence-corrected chi connectivity index (χ1v) is 13.5. The van der Waals surface area contributed by atoms with Crippen LogP contribution in [0.25, 0.3) is 16.8 Å². The summed E-state index contributed by atoms with van der Waals surface area (Å²) >= 11 is 0. The quantitative estimate of drug-likeness (QED) is 0.312. The fraction of sp³-hybridized carbons (Fsp3) is 0.400. The highest BCUT2D eigenvalue weighted by atomic mass is 16.5. The second-order valence-corrected chi connectivity index (χ2v) is 10.7. The van der Waals surface area contributed by atoms with Crippen molar-refractivity contribution in [2.24, 2.45) is 13.0 Å². The monoisotopic (exact) mass is 511 g/mol. The predicted molar refractivity (Wildman–Crippen MR) is 144 cm³/mol. The van der Waals surface area contributed by atoms with Gasteiger partial charge in [0.1, 0.15) is 11.3 Å². The summed E-state index contributed by atoms with van der Waals surface area (Å²) in [4.78, 5) is 12.1. The van der Waals surface area contributed by atoms with E-state index in [-0.39, 0.29) is 23.5 Å². The molecule has 4 aromatic rings. The van der Waals surface area contributed by atoms with Gasteiger partial charge in [-0.1, -0.05) is 48.7 Å². The van der Waals surface area contributed by atoms with Crippen molar-refractivity contribution in [2.75, 3.05) is 0 Å². The van der Waals surface area contributed by atoms with Crippen LogP contribution in [0.4, 0.5) is 0 Å². The maximum Gasteiger partial charge on any atom is 0.339 e. The molecule has 6 rings (SSSR count). The number of hydrogen-bond donors (Lipinski definition) is 1. The molecule has 3 unspecified atom stereocenters. The fourth-order valence-electron chi connectivity index (χ4n) is 5.93. The van der Waals surface area contributed by atoms with E-state index in [0.717, 1.165) is 34.7 Å². The first kappa shape index (κ1) is 24.4. The van der Waals surface area contributed by atoms with Gasteiger partial charge in [-0.2, -0.15) is 5.10 Å². The van der Waals surface area contributed by atoms with Crippen molar-refractivity contribution in [1.29, 1.82) is 0 Å². The van der Waals surface area contributed by atoms with Crippen LogP contribution in [0.3, 0.4) is 0 Å². The summed E-state index contributed by atoms with van der Waals surface area (Å²) in [5, 5.41) is 22.7. The van der Waals surface area contributed by atoms with Crippen LogP contribution in [0.2, 0.25) is 0 Å². The molecule has 38 heavy (non-hydrogen) atoms. The molecule has 8 heteroatoms. The summed E-state index contributed by atoms with van der Waals surface area (Å²) in [6.45, 7) is 2.19. The standard InChI is InChI=1S/C30H33N5O3/c1-19(20-8-4-3-5-9-20)38-24-13-7-11-22(15-24)21-10-6-12-23(14-21)35-29(27(17-31-35)30(36)37)26-16-25(26)28-18-34(2)33-32-28/h6-7,10-15,17-20,25-26H,3-5,8-9,16H2,1-2H3,(H,36,37). The third-order valence-electron chi connectivity index (χ3n) is 8.07. The second kappa shape index (κ2) is 10.1. The number of aromatic nitrogens is 5. The molecule has 2 saturated carbocycles. The van der Waals surface area contributed by atoms with Crippen LogP contribution in [0, 0.1) is 5.92 Å². The Bertz CT molecular complexity index is 1450. The normalized spacial score (nSPS) is 20.3. The van der Waals surface area contributed by atoms with Crippen molar-refractivity contribution in [3.8, 4) is 22.6 Å². The lowest BCUT2D eigenvalue weighted by molar-refractivity contribution is 0.0695. The van der Waals surface area contributed by atoms with E-state index in [2.05, 4.69) is 46.6 Å². The number of rotatable bonds is 8. The molecule has 196 valence electrons. The maximum absolute atomic E-state index is 12.1. The third-order valence-corrected chi connectivity index (χ3v) is 8.07. The van der Waals surface area contributed by atoms with E-state index in [1.54, 1.807) is 9.36 Å². The molecule has 0 aliphatic heterocycles. The minimum Gasteiger partial charge on any atom is -0.490 e. The topological polar surface area (TPSA) is 95.1 Å². The van der Waals surface area contributed by atoms with E-state index in [4.69, 9.17) is 4.74 Å². The molecule has 0 saturated heterocycles. The Morgan fingerprint density at radius 1 is 1.05 bits per heavy atom. The zero-order valence-corrected chi connectivity index (χ0v) is 21.8. The van der Waals surface area contributed by atoms with Crippen LogP contribution in [-0.2, 0) is 7.05 Å². The van der Waals surface area contributed by atoms with Gasteiger partial charge in [0.15, 0.2) is 0 Å². The van der Waals surface area contributed by atoms with E-state index >= 15 is 0 Å². The van der Waals surface area contributed by atoms with Gasteiger partial charge >= 0.3 is 5.97 Å². The van der Waals surface area contributed by atoms with Crippen molar-refractivity contribution >= 4 is 5.97 Å². The van der Waals surface area contributed by atoms with Crippen LogP contribution in [-0.4, -0.2) is 42.0 Å². The van der Waals surface area contributed by atoms with Crippen molar-refractivity contribution < 1.29 is 14.6 Å². The van der Waals surface area contributed by atoms with E-state index in [1.165, 1.54) is 38.3 Å². The van der Waals surface area contributed by atoms with Gasteiger partial charge in [0.25, 0.3) is 0 Å². The molecule has 8 nitrogen and oxygen atoms in total. The lowest BCUT2D eigenvalue weighted by Crippen LogP contribution is -2.25. The Morgan fingerprint density at radius 3 is 2.55 bits per heavy atom. The highest BCUT2D eigenvalue weighted by Gasteiger charge is 2.46. The number of aromatic carboxylic acids is 1. The molecule has 0 spiro atoms. The Morgan fingerprint density at radius 2 is 1.82 bits per heavy atom. The van der Waals surface area contributed by atoms with Crippen molar-refractivity contribution in [3.05, 3.63) is 77.9 Å². The van der Waals surface area contributed by atoms with Crippen LogP contribution < -0.4 is 4.74 Å². The van der Waals surface area contributed by atoms with Crippen molar-refractivity contribution in [3.63, 3.8) is 0 Å². The molecule has 2 aromatic carbocycles. The number of carboxylic acid groups (broad SMARTS) is 1. The highest BCUT2D eigenvalue weighted by Crippen LogP contribution is 2.55. The number of nitrogens with zero attached hydrogens (tertiary/aromatic N) is 5. The predicted octanol–water partition coefficient (Wildman–Crippen LogP) is 5.98. The molecule has 2 fully saturated rings. The summed E-state index contributed by atoms with van der Waals surface area (Å²) in [5.41, 5.74) is 4.74. The number of carbonyl (C=O) groups is 1. The smallest absolute Gasteiger partial charge is 0.339 e. The molecule has 3 atom stereocenters.